The first-order chi connectivity index (χ1) is 10.3. The monoisotopic (exact) mass is 305 g/mol. The van der Waals surface area contributed by atoms with Gasteiger partial charge in [0.15, 0.2) is 11.5 Å². The number of aliphatic carboxylic acids is 1. The van der Waals surface area contributed by atoms with Gasteiger partial charge in [-0.25, -0.2) is 0 Å². The van der Waals surface area contributed by atoms with E-state index in [4.69, 9.17) is 14.6 Å². The van der Waals surface area contributed by atoms with E-state index in [-0.39, 0.29) is 18.7 Å². The maximum Gasteiger partial charge on any atom is 0.307 e. The Kier molecular flexibility index (Phi) is 3.27. The van der Waals surface area contributed by atoms with Gasteiger partial charge in [-0.2, -0.15) is 0 Å². The van der Waals surface area contributed by atoms with Crippen molar-refractivity contribution in [3.05, 3.63) is 23.8 Å². The molecule has 6 heteroatoms. The van der Waals surface area contributed by atoms with Crippen molar-refractivity contribution in [2.45, 2.75) is 26.8 Å². The third-order valence-electron chi connectivity index (χ3n) is 4.63. The molecular formula is C16H19NO5. The van der Waals surface area contributed by atoms with Crippen molar-refractivity contribution in [1.29, 1.82) is 0 Å². The van der Waals surface area contributed by atoms with E-state index >= 15 is 0 Å². The van der Waals surface area contributed by atoms with Crippen molar-refractivity contribution in [3.8, 4) is 11.5 Å². The second kappa shape index (κ2) is 4.90. The van der Waals surface area contributed by atoms with Gasteiger partial charge in [0.05, 0.1) is 17.9 Å². The molecule has 6 nitrogen and oxygen atoms in total. The topological polar surface area (TPSA) is 84.9 Å². The van der Waals surface area contributed by atoms with Crippen LogP contribution >= 0.6 is 0 Å². The highest BCUT2D eigenvalue weighted by Crippen LogP contribution is 2.58. The molecule has 1 aliphatic carbocycles. The molecule has 1 aliphatic heterocycles. The molecule has 1 fully saturated rings. The van der Waals surface area contributed by atoms with E-state index in [1.54, 1.807) is 19.9 Å². The van der Waals surface area contributed by atoms with E-state index in [2.05, 4.69) is 5.32 Å². The summed E-state index contributed by atoms with van der Waals surface area (Å²) in [5.74, 6) is -0.883. The first-order valence-corrected chi connectivity index (χ1v) is 7.25. The van der Waals surface area contributed by atoms with E-state index in [1.165, 1.54) is 0 Å². The molecule has 1 aromatic carbocycles. The van der Waals surface area contributed by atoms with Crippen molar-refractivity contribution >= 4 is 11.9 Å². The minimum absolute atomic E-state index is 0.204. The van der Waals surface area contributed by atoms with Crippen LogP contribution in [0.1, 0.15) is 32.4 Å². The van der Waals surface area contributed by atoms with Crippen LogP contribution in [0.5, 0.6) is 11.5 Å². The minimum Gasteiger partial charge on any atom is -0.481 e. The highest BCUT2D eigenvalue weighted by molar-refractivity contribution is 5.91. The van der Waals surface area contributed by atoms with Crippen LogP contribution in [0.25, 0.3) is 0 Å². The third kappa shape index (κ3) is 2.28. The summed E-state index contributed by atoms with van der Waals surface area (Å²) in [7, 11) is 0. The number of amides is 1. The summed E-state index contributed by atoms with van der Waals surface area (Å²) in [5.41, 5.74) is 0.396. The van der Waals surface area contributed by atoms with Gasteiger partial charge in [-0.05, 0) is 30.0 Å². The highest BCUT2D eigenvalue weighted by atomic mass is 16.7. The van der Waals surface area contributed by atoms with Gasteiger partial charge in [-0.15, -0.1) is 0 Å². The van der Waals surface area contributed by atoms with Crippen molar-refractivity contribution in [1.82, 2.24) is 5.32 Å². The van der Waals surface area contributed by atoms with Crippen molar-refractivity contribution in [2.75, 3.05) is 6.79 Å². The fourth-order valence-electron chi connectivity index (χ4n) is 3.16. The highest BCUT2D eigenvalue weighted by Gasteiger charge is 2.65. The molecule has 0 bridgehead atoms. The van der Waals surface area contributed by atoms with Crippen LogP contribution in [-0.4, -0.2) is 23.8 Å². The zero-order chi connectivity index (χ0) is 16.1. The molecule has 2 N–H and O–H groups in total. The van der Waals surface area contributed by atoms with Crippen molar-refractivity contribution in [3.63, 3.8) is 0 Å². The maximum absolute atomic E-state index is 12.3. The Morgan fingerprint density at radius 1 is 1.27 bits per heavy atom. The van der Waals surface area contributed by atoms with Crippen LogP contribution in [-0.2, 0) is 9.59 Å². The number of hydrogen-bond acceptors (Lipinski definition) is 4. The summed E-state index contributed by atoms with van der Waals surface area (Å²) >= 11 is 0. The normalized spacial score (nSPS) is 25.4. The molecule has 118 valence electrons. The van der Waals surface area contributed by atoms with Crippen LogP contribution in [0.3, 0.4) is 0 Å². The number of carboxylic acids is 1. The van der Waals surface area contributed by atoms with E-state index < -0.39 is 23.2 Å². The van der Waals surface area contributed by atoms with Crippen molar-refractivity contribution in [2.24, 2.45) is 17.3 Å². The summed E-state index contributed by atoms with van der Waals surface area (Å²) in [4.78, 5) is 23.5. The van der Waals surface area contributed by atoms with Crippen LogP contribution in [0.2, 0.25) is 0 Å². The number of rotatable bonds is 4. The SMILES string of the molecule is CC(NC(=O)[C@@H]1[C@H](C(=O)O)C1(C)C)c1ccc2c(c1)OCO2. The number of carbonyl (C=O) groups is 2. The number of carbonyl (C=O) groups excluding carboxylic acids is 1. The van der Waals surface area contributed by atoms with Gasteiger partial charge < -0.3 is 19.9 Å². The second-order valence-electron chi connectivity index (χ2n) is 6.46. The lowest BCUT2D eigenvalue weighted by Crippen LogP contribution is -2.30. The molecule has 0 radical (unpaired) electrons. The van der Waals surface area contributed by atoms with Crippen molar-refractivity contribution < 1.29 is 24.2 Å². The van der Waals surface area contributed by atoms with Crippen LogP contribution in [0, 0.1) is 17.3 Å². The molecule has 1 saturated carbocycles. The molecule has 0 aromatic heterocycles. The molecule has 1 amide bonds. The second-order valence-corrected chi connectivity index (χ2v) is 6.46. The van der Waals surface area contributed by atoms with Gasteiger partial charge in [0, 0.05) is 0 Å². The smallest absolute Gasteiger partial charge is 0.307 e. The van der Waals surface area contributed by atoms with Gasteiger partial charge in [0.2, 0.25) is 12.7 Å². The molecule has 1 unspecified atom stereocenters. The van der Waals surface area contributed by atoms with Gasteiger partial charge in [0.1, 0.15) is 0 Å². The zero-order valence-electron chi connectivity index (χ0n) is 12.8. The van der Waals surface area contributed by atoms with Gasteiger partial charge in [0.25, 0.3) is 0 Å². The molecule has 2 aliphatic rings. The third-order valence-corrected chi connectivity index (χ3v) is 4.63. The molecule has 1 heterocycles. The number of hydrogen-bond donors (Lipinski definition) is 2. The molecule has 3 rings (SSSR count). The minimum atomic E-state index is -0.916. The average molecular weight is 305 g/mol. The first-order valence-electron chi connectivity index (χ1n) is 7.25. The van der Waals surface area contributed by atoms with Crippen LogP contribution < -0.4 is 14.8 Å². The Hall–Kier alpha value is -2.24. The Bertz CT molecular complexity index is 639. The lowest BCUT2D eigenvalue weighted by Gasteiger charge is -2.15. The Labute approximate surface area is 128 Å². The maximum atomic E-state index is 12.3. The predicted molar refractivity (Wildman–Crippen MR) is 77.5 cm³/mol. The Morgan fingerprint density at radius 2 is 1.95 bits per heavy atom. The van der Waals surface area contributed by atoms with Crippen LogP contribution in [0.15, 0.2) is 18.2 Å². The van der Waals surface area contributed by atoms with E-state index in [9.17, 15) is 9.59 Å². The van der Waals surface area contributed by atoms with Gasteiger partial charge in [-0.1, -0.05) is 19.9 Å². The standard InChI is InChI=1S/C16H19NO5/c1-8(9-4-5-10-11(6-9)22-7-21-10)17-14(18)12-13(15(19)20)16(12,2)3/h4-6,8,12-13H,7H2,1-3H3,(H,17,18)(H,19,20)/t8?,12-,13+/m0/s1. The zero-order valence-corrected chi connectivity index (χ0v) is 12.8. The molecule has 1 aromatic rings. The summed E-state index contributed by atoms with van der Waals surface area (Å²) in [6.45, 7) is 5.68. The average Bonchev–Trinajstić information content (AvgIpc) is 2.82. The number of fused-ring (bicyclic) bond motifs is 1. The largest absolute Gasteiger partial charge is 0.481 e. The van der Waals surface area contributed by atoms with E-state index in [0.717, 1.165) is 5.56 Å². The lowest BCUT2D eigenvalue weighted by molar-refractivity contribution is -0.140. The fourth-order valence-corrected chi connectivity index (χ4v) is 3.16. The van der Waals surface area contributed by atoms with Crippen LogP contribution in [0.4, 0.5) is 0 Å². The number of ether oxygens (including phenoxy) is 2. The van der Waals surface area contributed by atoms with E-state index in [1.807, 2.05) is 19.1 Å². The summed E-state index contributed by atoms with van der Waals surface area (Å²) in [6.07, 6.45) is 0. The van der Waals surface area contributed by atoms with Gasteiger partial charge in [-0.3, -0.25) is 9.59 Å². The Balaban J connectivity index is 1.68. The number of carboxylic acid groups (broad SMARTS) is 1. The predicted octanol–water partition coefficient (Wildman–Crippen LogP) is 1.95. The molecular weight excluding hydrogens is 286 g/mol. The molecule has 22 heavy (non-hydrogen) atoms. The fraction of sp³-hybridized carbons (Fsp3) is 0.500. The first kappa shape index (κ1) is 14.7. The van der Waals surface area contributed by atoms with E-state index in [0.29, 0.717) is 11.5 Å². The summed E-state index contributed by atoms with van der Waals surface area (Å²) < 4.78 is 10.6. The van der Waals surface area contributed by atoms with Gasteiger partial charge >= 0.3 is 5.97 Å². The summed E-state index contributed by atoms with van der Waals surface area (Å²) in [5, 5.41) is 12.0. The lowest BCUT2D eigenvalue weighted by atomic mass is 10.1. The Morgan fingerprint density at radius 3 is 2.59 bits per heavy atom. The molecule has 3 atom stereocenters. The molecule has 0 spiro atoms. The summed E-state index contributed by atoms with van der Waals surface area (Å²) in [6, 6.07) is 5.28. The number of nitrogens with one attached hydrogen (secondary N) is 1. The molecule has 0 saturated heterocycles. The number of benzene rings is 1. The quantitative estimate of drug-likeness (QED) is 0.888.